The molecule has 0 heterocycles. The van der Waals surface area contributed by atoms with Crippen LogP contribution in [-0.4, -0.2) is 5.91 Å². The molecule has 1 saturated carbocycles. The SMILES string of the molecule is N#CC1(C(=O)NCc2ccc3ccccc3c2)CC1. The van der Waals surface area contributed by atoms with Crippen LogP contribution in [0.5, 0.6) is 0 Å². The summed E-state index contributed by atoms with van der Waals surface area (Å²) in [7, 11) is 0. The number of benzene rings is 2. The average Bonchev–Trinajstić information content (AvgIpc) is 3.25. The smallest absolute Gasteiger partial charge is 0.240 e. The fraction of sp³-hybridized carbons (Fsp3) is 0.250. The Labute approximate surface area is 111 Å². The molecule has 3 heteroatoms. The third-order valence-corrected chi connectivity index (χ3v) is 3.67. The molecule has 2 aromatic carbocycles. The van der Waals surface area contributed by atoms with Gasteiger partial charge in [0.1, 0.15) is 5.41 Å². The monoisotopic (exact) mass is 250 g/mol. The quantitative estimate of drug-likeness (QED) is 0.910. The summed E-state index contributed by atoms with van der Waals surface area (Å²) in [4.78, 5) is 11.9. The second kappa shape index (κ2) is 4.40. The van der Waals surface area contributed by atoms with Crippen LogP contribution in [0.3, 0.4) is 0 Å². The zero-order valence-electron chi connectivity index (χ0n) is 10.5. The average molecular weight is 250 g/mol. The van der Waals surface area contributed by atoms with Crippen molar-refractivity contribution < 1.29 is 4.79 Å². The van der Waals surface area contributed by atoms with Crippen molar-refractivity contribution in [2.45, 2.75) is 19.4 Å². The van der Waals surface area contributed by atoms with Gasteiger partial charge in [-0.1, -0.05) is 36.4 Å². The number of nitrogens with one attached hydrogen (secondary N) is 1. The Morgan fingerprint density at radius 2 is 1.95 bits per heavy atom. The molecule has 0 atom stereocenters. The van der Waals surface area contributed by atoms with Gasteiger partial charge in [0, 0.05) is 6.54 Å². The second-order valence-corrected chi connectivity index (χ2v) is 5.06. The summed E-state index contributed by atoms with van der Waals surface area (Å²) in [5, 5.41) is 14.2. The minimum Gasteiger partial charge on any atom is -0.351 e. The molecule has 19 heavy (non-hydrogen) atoms. The Kier molecular flexibility index (Phi) is 2.72. The molecule has 3 rings (SSSR count). The van der Waals surface area contributed by atoms with Crippen molar-refractivity contribution in [3.05, 3.63) is 48.0 Å². The molecule has 1 aliphatic rings. The third kappa shape index (κ3) is 2.17. The van der Waals surface area contributed by atoms with Crippen LogP contribution in [0.15, 0.2) is 42.5 Å². The van der Waals surface area contributed by atoms with Crippen LogP contribution in [0.4, 0.5) is 0 Å². The number of carbonyl (C=O) groups is 1. The Bertz CT molecular complexity index is 680. The lowest BCUT2D eigenvalue weighted by atomic mass is 10.1. The number of nitrogens with zero attached hydrogens (tertiary/aromatic N) is 1. The molecule has 0 radical (unpaired) electrons. The van der Waals surface area contributed by atoms with Gasteiger partial charge < -0.3 is 5.32 Å². The van der Waals surface area contributed by atoms with E-state index in [9.17, 15) is 4.79 Å². The molecular weight excluding hydrogens is 236 g/mol. The number of fused-ring (bicyclic) bond motifs is 1. The lowest BCUT2D eigenvalue weighted by Gasteiger charge is -2.09. The largest absolute Gasteiger partial charge is 0.351 e. The fourth-order valence-corrected chi connectivity index (χ4v) is 2.21. The zero-order chi connectivity index (χ0) is 13.3. The summed E-state index contributed by atoms with van der Waals surface area (Å²) in [5.41, 5.74) is 0.317. The lowest BCUT2D eigenvalue weighted by Crippen LogP contribution is -2.30. The number of rotatable bonds is 3. The van der Waals surface area contributed by atoms with E-state index in [0.29, 0.717) is 19.4 Å². The molecule has 3 nitrogen and oxygen atoms in total. The van der Waals surface area contributed by atoms with Crippen molar-refractivity contribution >= 4 is 16.7 Å². The highest BCUT2D eigenvalue weighted by atomic mass is 16.2. The van der Waals surface area contributed by atoms with Crippen molar-refractivity contribution in [2.75, 3.05) is 0 Å². The first-order valence-electron chi connectivity index (χ1n) is 6.41. The van der Waals surface area contributed by atoms with Crippen molar-refractivity contribution in [1.29, 1.82) is 5.26 Å². The van der Waals surface area contributed by atoms with Gasteiger partial charge in [-0.2, -0.15) is 5.26 Å². The fourth-order valence-electron chi connectivity index (χ4n) is 2.21. The molecule has 2 aromatic rings. The molecule has 0 spiro atoms. The van der Waals surface area contributed by atoms with Crippen LogP contribution < -0.4 is 5.32 Å². The molecule has 0 saturated heterocycles. The second-order valence-electron chi connectivity index (χ2n) is 5.06. The Morgan fingerprint density at radius 3 is 2.63 bits per heavy atom. The van der Waals surface area contributed by atoms with Crippen LogP contribution in [0.2, 0.25) is 0 Å². The molecule has 0 bridgehead atoms. The number of carbonyl (C=O) groups excluding carboxylic acids is 1. The van der Waals surface area contributed by atoms with E-state index < -0.39 is 5.41 Å². The number of amides is 1. The minimum absolute atomic E-state index is 0.136. The van der Waals surface area contributed by atoms with Gasteiger partial charge in [0.15, 0.2) is 0 Å². The zero-order valence-corrected chi connectivity index (χ0v) is 10.5. The highest BCUT2D eigenvalue weighted by Crippen LogP contribution is 2.45. The van der Waals surface area contributed by atoms with E-state index in [4.69, 9.17) is 5.26 Å². The summed E-state index contributed by atoms with van der Waals surface area (Å²) in [6.07, 6.45) is 1.38. The summed E-state index contributed by atoms with van der Waals surface area (Å²) in [5.74, 6) is -0.136. The van der Waals surface area contributed by atoms with Crippen LogP contribution >= 0.6 is 0 Å². The molecule has 1 N–H and O–H groups in total. The maximum atomic E-state index is 11.9. The predicted octanol–water partition coefficient (Wildman–Crippen LogP) is 2.76. The summed E-state index contributed by atoms with van der Waals surface area (Å²) in [6.45, 7) is 0.479. The van der Waals surface area contributed by atoms with E-state index in [0.717, 1.165) is 10.9 Å². The lowest BCUT2D eigenvalue weighted by molar-refractivity contribution is -0.124. The first-order chi connectivity index (χ1) is 9.23. The maximum absolute atomic E-state index is 11.9. The van der Waals surface area contributed by atoms with E-state index in [1.54, 1.807) is 0 Å². The van der Waals surface area contributed by atoms with Crippen LogP contribution in [-0.2, 0) is 11.3 Å². The van der Waals surface area contributed by atoms with Crippen molar-refractivity contribution in [3.8, 4) is 6.07 Å². The highest BCUT2D eigenvalue weighted by Gasteiger charge is 2.50. The van der Waals surface area contributed by atoms with Gasteiger partial charge in [0.25, 0.3) is 0 Å². The third-order valence-electron chi connectivity index (χ3n) is 3.67. The van der Waals surface area contributed by atoms with Crippen LogP contribution in [0, 0.1) is 16.7 Å². The van der Waals surface area contributed by atoms with E-state index in [2.05, 4.69) is 29.6 Å². The topological polar surface area (TPSA) is 52.9 Å². The van der Waals surface area contributed by atoms with Gasteiger partial charge in [0.2, 0.25) is 5.91 Å². The van der Waals surface area contributed by atoms with Crippen molar-refractivity contribution in [3.63, 3.8) is 0 Å². The van der Waals surface area contributed by atoms with Crippen molar-refractivity contribution in [1.82, 2.24) is 5.32 Å². The van der Waals surface area contributed by atoms with Gasteiger partial charge in [-0.3, -0.25) is 4.79 Å². The Hall–Kier alpha value is -2.34. The standard InChI is InChI=1S/C16H14N2O/c17-11-16(7-8-16)15(19)18-10-12-5-6-13-3-1-2-4-14(13)9-12/h1-6,9H,7-8,10H2,(H,18,19). The molecule has 94 valence electrons. The van der Waals surface area contributed by atoms with E-state index in [1.165, 1.54) is 5.39 Å². The van der Waals surface area contributed by atoms with E-state index >= 15 is 0 Å². The molecule has 1 amide bonds. The Morgan fingerprint density at radius 1 is 1.21 bits per heavy atom. The molecule has 0 unspecified atom stereocenters. The maximum Gasteiger partial charge on any atom is 0.240 e. The first kappa shape index (κ1) is 11.7. The number of hydrogen-bond donors (Lipinski definition) is 1. The molecular formula is C16H14N2O. The molecule has 1 aliphatic carbocycles. The predicted molar refractivity (Wildman–Crippen MR) is 73.1 cm³/mol. The van der Waals surface area contributed by atoms with Crippen molar-refractivity contribution in [2.24, 2.45) is 5.41 Å². The molecule has 0 aromatic heterocycles. The number of nitriles is 1. The molecule has 1 fully saturated rings. The highest BCUT2D eigenvalue weighted by molar-refractivity contribution is 5.88. The normalized spacial score (nSPS) is 15.7. The van der Waals surface area contributed by atoms with Gasteiger partial charge in [-0.15, -0.1) is 0 Å². The van der Waals surface area contributed by atoms with E-state index in [1.807, 2.05) is 24.3 Å². The summed E-state index contributed by atoms with van der Waals surface area (Å²) in [6, 6.07) is 16.4. The minimum atomic E-state index is -0.739. The van der Waals surface area contributed by atoms with Gasteiger partial charge in [-0.25, -0.2) is 0 Å². The van der Waals surface area contributed by atoms with Gasteiger partial charge in [-0.05, 0) is 35.2 Å². The van der Waals surface area contributed by atoms with Gasteiger partial charge >= 0.3 is 0 Å². The Balaban J connectivity index is 1.72. The van der Waals surface area contributed by atoms with Crippen LogP contribution in [0.25, 0.3) is 10.8 Å². The van der Waals surface area contributed by atoms with Crippen LogP contribution in [0.1, 0.15) is 18.4 Å². The first-order valence-corrected chi connectivity index (χ1v) is 6.41. The summed E-state index contributed by atoms with van der Waals surface area (Å²) < 4.78 is 0. The number of hydrogen-bond acceptors (Lipinski definition) is 2. The van der Waals surface area contributed by atoms with E-state index in [-0.39, 0.29) is 5.91 Å². The summed E-state index contributed by atoms with van der Waals surface area (Å²) >= 11 is 0. The molecule has 0 aliphatic heterocycles. The van der Waals surface area contributed by atoms with Gasteiger partial charge in [0.05, 0.1) is 6.07 Å².